The molecular weight excluding hydrogens is 328 g/mol. The number of thiophene rings is 1. The van der Waals surface area contributed by atoms with Gasteiger partial charge in [0.2, 0.25) is 0 Å². The molecule has 2 heterocycles. The van der Waals surface area contributed by atoms with Crippen molar-refractivity contribution in [2.75, 3.05) is 6.61 Å². The Labute approximate surface area is 136 Å². The van der Waals surface area contributed by atoms with Crippen LogP contribution in [0.1, 0.15) is 9.67 Å². The number of carboxylic acids is 1. The number of ether oxygens (including phenoxy) is 1. The summed E-state index contributed by atoms with van der Waals surface area (Å²) >= 11 is 1.27. The molecule has 6 nitrogen and oxygen atoms in total. The molecule has 0 saturated carbocycles. The largest absolute Gasteiger partial charge is 0.492 e. The Balaban J connectivity index is 0.00000121. The van der Waals surface area contributed by atoms with Crippen LogP contribution >= 0.6 is 23.7 Å². The molecule has 3 N–H and O–H groups in total. The van der Waals surface area contributed by atoms with Crippen molar-refractivity contribution >= 4 is 39.8 Å². The molecule has 0 spiro atoms. The van der Waals surface area contributed by atoms with Gasteiger partial charge in [0.05, 0.1) is 12.9 Å². The zero-order valence-corrected chi connectivity index (χ0v) is 13.1. The van der Waals surface area contributed by atoms with E-state index >= 15 is 0 Å². The lowest BCUT2D eigenvalue weighted by atomic mass is 10.2. The molecule has 0 aliphatic heterocycles. The minimum atomic E-state index is -0.895. The van der Waals surface area contributed by atoms with Crippen molar-refractivity contribution < 1.29 is 20.1 Å². The maximum absolute atomic E-state index is 10.9. The van der Waals surface area contributed by atoms with E-state index < -0.39 is 5.97 Å². The van der Waals surface area contributed by atoms with Crippen LogP contribution in [0, 0.1) is 0 Å². The highest BCUT2D eigenvalue weighted by molar-refractivity contribution is 7.20. The van der Waals surface area contributed by atoms with Gasteiger partial charge in [-0.3, -0.25) is 0 Å². The molecule has 22 heavy (non-hydrogen) atoms. The summed E-state index contributed by atoms with van der Waals surface area (Å²) in [6.07, 6.45) is 5.35. The Bertz CT molecular complexity index is 742. The molecule has 0 bridgehead atoms. The van der Waals surface area contributed by atoms with Crippen LogP contribution in [0.4, 0.5) is 0 Å². The minimum Gasteiger partial charge on any atom is -0.492 e. The Morgan fingerprint density at radius 3 is 2.86 bits per heavy atom. The fourth-order valence-corrected chi connectivity index (χ4v) is 2.79. The van der Waals surface area contributed by atoms with Gasteiger partial charge in [0, 0.05) is 17.1 Å². The van der Waals surface area contributed by atoms with Gasteiger partial charge in [-0.1, -0.05) is 0 Å². The third-order valence-corrected chi connectivity index (χ3v) is 3.98. The topological polar surface area (TPSA) is 95.9 Å². The van der Waals surface area contributed by atoms with Crippen LogP contribution in [-0.2, 0) is 6.54 Å². The Kier molecular flexibility index (Phi) is 6.36. The zero-order chi connectivity index (χ0) is 13.9. The Morgan fingerprint density at radius 2 is 2.18 bits per heavy atom. The first-order valence-corrected chi connectivity index (χ1v) is 6.89. The number of nitrogens with zero attached hydrogens (tertiary/aromatic N) is 2. The standard InChI is InChI=1S/C14H12N2O3S.ClH.H2O/c17-14(18)13-8-10-7-11(1-2-12(10)20-13)19-6-5-16-4-3-15-9-16;;/h1-4,7-9H,5-6H2,(H,17,18);1H;1H2. The van der Waals surface area contributed by atoms with E-state index in [2.05, 4.69) is 4.98 Å². The summed E-state index contributed by atoms with van der Waals surface area (Å²) < 4.78 is 8.55. The molecule has 0 fully saturated rings. The van der Waals surface area contributed by atoms with Gasteiger partial charge < -0.3 is 19.9 Å². The van der Waals surface area contributed by atoms with Crippen LogP contribution in [0.2, 0.25) is 0 Å². The summed E-state index contributed by atoms with van der Waals surface area (Å²) in [6.45, 7) is 1.26. The summed E-state index contributed by atoms with van der Waals surface area (Å²) in [5.41, 5.74) is 0. The first-order valence-electron chi connectivity index (χ1n) is 6.08. The quantitative estimate of drug-likeness (QED) is 0.770. The second-order valence-electron chi connectivity index (χ2n) is 4.26. The van der Waals surface area contributed by atoms with Crippen LogP contribution in [-0.4, -0.2) is 32.7 Å². The normalized spacial score (nSPS) is 9.82. The first kappa shape index (κ1) is 18.0. The van der Waals surface area contributed by atoms with Crippen LogP contribution in [0.25, 0.3) is 10.1 Å². The number of imidazole rings is 1. The minimum absolute atomic E-state index is 0. The molecule has 8 heteroatoms. The summed E-state index contributed by atoms with van der Waals surface area (Å²) in [6, 6.07) is 7.29. The molecule has 0 saturated heterocycles. The van der Waals surface area contributed by atoms with Crippen molar-refractivity contribution in [2.45, 2.75) is 6.54 Å². The van der Waals surface area contributed by atoms with Gasteiger partial charge in [0.15, 0.2) is 0 Å². The van der Waals surface area contributed by atoms with Crippen molar-refractivity contribution in [3.05, 3.63) is 47.9 Å². The summed E-state index contributed by atoms with van der Waals surface area (Å²) in [4.78, 5) is 15.2. The van der Waals surface area contributed by atoms with E-state index in [0.717, 1.165) is 22.4 Å². The zero-order valence-electron chi connectivity index (χ0n) is 11.4. The van der Waals surface area contributed by atoms with E-state index in [1.807, 2.05) is 29.0 Å². The number of benzene rings is 1. The van der Waals surface area contributed by atoms with Crippen molar-refractivity contribution in [1.82, 2.24) is 9.55 Å². The molecule has 0 aliphatic rings. The number of hydrogen-bond donors (Lipinski definition) is 1. The average molecular weight is 343 g/mol. The number of carboxylic acid groups (broad SMARTS) is 1. The van der Waals surface area contributed by atoms with Gasteiger partial charge in [-0.2, -0.15) is 0 Å². The van der Waals surface area contributed by atoms with Gasteiger partial charge in [-0.25, -0.2) is 9.78 Å². The fraction of sp³-hybridized carbons (Fsp3) is 0.143. The molecule has 1 aromatic carbocycles. The van der Waals surface area contributed by atoms with Crippen molar-refractivity contribution in [2.24, 2.45) is 0 Å². The van der Waals surface area contributed by atoms with Gasteiger partial charge in [0.25, 0.3) is 0 Å². The molecule has 0 radical (unpaired) electrons. The van der Waals surface area contributed by atoms with E-state index in [9.17, 15) is 4.79 Å². The highest BCUT2D eigenvalue weighted by Gasteiger charge is 2.08. The second-order valence-corrected chi connectivity index (χ2v) is 5.35. The van der Waals surface area contributed by atoms with E-state index in [1.54, 1.807) is 18.6 Å². The first-order chi connectivity index (χ1) is 9.72. The Morgan fingerprint density at radius 1 is 1.36 bits per heavy atom. The van der Waals surface area contributed by atoms with Crippen molar-refractivity contribution in [3.63, 3.8) is 0 Å². The maximum atomic E-state index is 10.9. The predicted octanol–water partition coefficient (Wildman–Crippen LogP) is 2.47. The third-order valence-electron chi connectivity index (χ3n) is 2.88. The van der Waals surface area contributed by atoms with Gasteiger partial charge in [0.1, 0.15) is 17.2 Å². The summed E-state index contributed by atoms with van der Waals surface area (Å²) in [5, 5.41) is 9.87. The molecule has 3 aromatic rings. The highest BCUT2D eigenvalue weighted by Crippen LogP contribution is 2.29. The average Bonchev–Trinajstić information content (AvgIpc) is 3.06. The lowest BCUT2D eigenvalue weighted by Crippen LogP contribution is -2.06. The van der Waals surface area contributed by atoms with E-state index in [0.29, 0.717) is 11.5 Å². The summed E-state index contributed by atoms with van der Waals surface area (Å²) in [7, 11) is 0. The van der Waals surface area contributed by atoms with Crippen molar-refractivity contribution in [1.29, 1.82) is 0 Å². The molecule has 0 amide bonds. The van der Waals surface area contributed by atoms with Crippen molar-refractivity contribution in [3.8, 4) is 5.75 Å². The van der Waals surface area contributed by atoms with Crippen LogP contribution in [0.15, 0.2) is 43.0 Å². The number of aromatic carboxylic acids is 1. The molecule has 0 atom stereocenters. The molecule has 2 aromatic heterocycles. The lowest BCUT2D eigenvalue weighted by Gasteiger charge is -2.06. The number of carbonyl (C=O) groups is 1. The van der Waals surface area contributed by atoms with Crippen LogP contribution < -0.4 is 4.74 Å². The Hall–Kier alpha value is -2.09. The number of hydrogen-bond acceptors (Lipinski definition) is 4. The van der Waals surface area contributed by atoms with Crippen LogP contribution in [0.3, 0.4) is 0 Å². The molecule has 0 unspecified atom stereocenters. The fourth-order valence-electron chi connectivity index (χ4n) is 1.90. The highest BCUT2D eigenvalue weighted by atomic mass is 35.5. The van der Waals surface area contributed by atoms with Crippen LogP contribution in [0.5, 0.6) is 5.75 Å². The molecular formula is C14H15ClN2O4S. The maximum Gasteiger partial charge on any atom is 0.345 e. The molecule has 118 valence electrons. The third kappa shape index (κ3) is 3.97. The summed E-state index contributed by atoms with van der Waals surface area (Å²) in [5.74, 6) is -0.152. The number of halogens is 1. The SMILES string of the molecule is Cl.O.O=C(O)c1cc2cc(OCCn3ccnc3)ccc2s1. The monoisotopic (exact) mass is 342 g/mol. The van der Waals surface area contributed by atoms with Gasteiger partial charge >= 0.3 is 5.97 Å². The number of rotatable bonds is 5. The van der Waals surface area contributed by atoms with E-state index in [1.165, 1.54) is 11.3 Å². The van der Waals surface area contributed by atoms with Gasteiger partial charge in [-0.05, 0) is 29.7 Å². The van der Waals surface area contributed by atoms with E-state index in [4.69, 9.17) is 9.84 Å². The predicted molar refractivity (Wildman–Crippen MR) is 87.4 cm³/mol. The van der Waals surface area contributed by atoms with Gasteiger partial charge in [-0.15, -0.1) is 23.7 Å². The lowest BCUT2D eigenvalue weighted by molar-refractivity contribution is 0.0702. The van der Waals surface area contributed by atoms with E-state index in [-0.39, 0.29) is 17.9 Å². The smallest absolute Gasteiger partial charge is 0.345 e. The second kappa shape index (κ2) is 7.79. The molecule has 3 rings (SSSR count). The number of fused-ring (bicyclic) bond motifs is 1. The number of aromatic nitrogens is 2. The molecule has 0 aliphatic carbocycles.